The maximum atomic E-state index is 13.6. The van der Waals surface area contributed by atoms with E-state index in [1.165, 1.54) is 16.9 Å². The number of benzene rings is 2. The number of hydrogen-bond acceptors (Lipinski definition) is 6. The van der Waals surface area contributed by atoms with Crippen LogP contribution < -0.4 is 4.90 Å². The maximum Gasteiger partial charge on any atom is 0.304 e. The second-order valence-corrected chi connectivity index (χ2v) is 7.87. The van der Waals surface area contributed by atoms with Crippen molar-refractivity contribution in [1.29, 1.82) is 0 Å². The Morgan fingerprint density at radius 2 is 1.87 bits per heavy atom. The number of aryl methyl sites for hydroxylation is 2. The molecule has 0 saturated heterocycles. The van der Waals surface area contributed by atoms with Gasteiger partial charge in [-0.25, -0.2) is 19.4 Å². The Hall–Kier alpha value is -3.65. The highest BCUT2D eigenvalue weighted by atomic mass is 32.1. The van der Waals surface area contributed by atoms with E-state index in [1.54, 1.807) is 15.6 Å². The van der Waals surface area contributed by atoms with Crippen molar-refractivity contribution >= 4 is 44.1 Å². The van der Waals surface area contributed by atoms with E-state index in [0.29, 0.717) is 10.9 Å². The third-order valence-electron chi connectivity index (χ3n) is 4.90. The number of para-hydroxylation sites is 1. The van der Waals surface area contributed by atoms with E-state index in [1.807, 2.05) is 61.5 Å². The quantitative estimate of drug-likeness (QED) is 0.430. The number of carbonyl (C=O) groups excluding carboxylic acids is 1. The summed E-state index contributed by atoms with van der Waals surface area (Å²) in [5.74, 6) is 0.128. The Kier molecular flexibility index (Phi) is 4.48. The van der Waals surface area contributed by atoms with E-state index in [4.69, 9.17) is 4.98 Å². The van der Waals surface area contributed by atoms with Gasteiger partial charge in [-0.05, 0) is 49.2 Å². The molecule has 8 heteroatoms. The Balaban J connectivity index is 1.65. The summed E-state index contributed by atoms with van der Waals surface area (Å²) >= 11 is 1.46. The third-order valence-corrected chi connectivity index (χ3v) is 5.92. The Bertz CT molecular complexity index is 1340. The number of nitrogens with zero attached hydrogens (tertiary/aromatic N) is 6. The van der Waals surface area contributed by atoms with Gasteiger partial charge >= 0.3 is 5.91 Å². The summed E-state index contributed by atoms with van der Waals surface area (Å²) in [6.07, 6.45) is 2.58. The first-order chi connectivity index (χ1) is 14.6. The lowest BCUT2D eigenvalue weighted by Gasteiger charge is -2.18. The zero-order chi connectivity index (χ0) is 20.7. The van der Waals surface area contributed by atoms with E-state index in [2.05, 4.69) is 22.0 Å². The molecular weight excluding hydrogens is 396 g/mol. The van der Waals surface area contributed by atoms with Crippen molar-refractivity contribution in [3.63, 3.8) is 0 Å². The Labute approximate surface area is 176 Å². The molecule has 3 aromatic heterocycles. The van der Waals surface area contributed by atoms with Crippen LogP contribution >= 0.6 is 11.3 Å². The van der Waals surface area contributed by atoms with Gasteiger partial charge in [0.25, 0.3) is 5.78 Å². The molecule has 30 heavy (non-hydrogen) atoms. The summed E-state index contributed by atoms with van der Waals surface area (Å²) in [5.41, 5.74) is 3.62. The molecule has 1 amide bonds. The first-order valence-electron chi connectivity index (χ1n) is 9.61. The zero-order valence-electron chi connectivity index (χ0n) is 16.5. The average molecular weight is 414 g/mol. The second-order valence-electron chi connectivity index (χ2n) is 6.86. The second kappa shape index (κ2) is 7.31. The van der Waals surface area contributed by atoms with Crippen molar-refractivity contribution < 1.29 is 4.79 Å². The molecule has 5 aromatic rings. The van der Waals surface area contributed by atoms with Gasteiger partial charge in [0, 0.05) is 11.9 Å². The van der Waals surface area contributed by atoms with Gasteiger partial charge < -0.3 is 0 Å². The standard InChI is InChI=1S/C22H18N6OS/c1-3-15-8-10-16(11-9-15)27(22-24-17-6-4-5-7-18(17)30-22)20(29)19-25-21-23-13-12-14(2)28(21)26-19/h4-13H,3H2,1-2H3. The summed E-state index contributed by atoms with van der Waals surface area (Å²) in [7, 11) is 0. The van der Waals surface area contributed by atoms with Crippen LogP contribution in [0.5, 0.6) is 0 Å². The topological polar surface area (TPSA) is 76.3 Å². The minimum atomic E-state index is -0.344. The Morgan fingerprint density at radius 1 is 1.07 bits per heavy atom. The van der Waals surface area contributed by atoms with Crippen LogP contribution in [0.2, 0.25) is 0 Å². The number of carbonyl (C=O) groups is 1. The van der Waals surface area contributed by atoms with Crippen molar-refractivity contribution in [2.75, 3.05) is 4.90 Å². The van der Waals surface area contributed by atoms with Crippen LogP contribution in [-0.4, -0.2) is 30.5 Å². The van der Waals surface area contributed by atoms with E-state index >= 15 is 0 Å². The minimum Gasteiger partial charge on any atom is -0.264 e. The fraction of sp³-hybridized carbons (Fsp3) is 0.136. The van der Waals surface area contributed by atoms with Gasteiger partial charge in [-0.1, -0.05) is 42.5 Å². The summed E-state index contributed by atoms with van der Waals surface area (Å²) < 4.78 is 2.58. The largest absolute Gasteiger partial charge is 0.304 e. The number of hydrogen-bond donors (Lipinski definition) is 0. The van der Waals surface area contributed by atoms with E-state index in [0.717, 1.165) is 28.0 Å². The fourth-order valence-electron chi connectivity index (χ4n) is 3.25. The molecule has 0 saturated carbocycles. The SMILES string of the molecule is CCc1ccc(N(C(=O)c2nc3nccc(C)n3n2)c2nc3ccccc3s2)cc1. The van der Waals surface area contributed by atoms with Crippen molar-refractivity contribution in [2.24, 2.45) is 0 Å². The molecule has 0 fully saturated rings. The monoisotopic (exact) mass is 414 g/mol. The molecule has 0 aliphatic heterocycles. The maximum absolute atomic E-state index is 13.6. The average Bonchev–Trinajstić information content (AvgIpc) is 3.39. The van der Waals surface area contributed by atoms with Gasteiger partial charge in [0.2, 0.25) is 5.82 Å². The van der Waals surface area contributed by atoms with Crippen LogP contribution in [0.3, 0.4) is 0 Å². The van der Waals surface area contributed by atoms with Crippen molar-refractivity contribution in [3.8, 4) is 0 Å². The normalized spacial score (nSPS) is 11.3. The van der Waals surface area contributed by atoms with Gasteiger partial charge in [0.15, 0.2) is 5.13 Å². The van der Waals surface area contributed by atoms with Crippen molar-refractivity contribution in [2.45, 2.75) is 20.3 Å². The molecule has 0 aliphatic carbocycles. The van der Waals surface area contributed by atoms with E-state index in [9.17, 15) is 4.79 Å². The van der Waals surface area contributed by atoms with Gasteiger partial charge in [-0.15, -0.1) is 5.10 Å². The molecule has 3 heterocycles. The van der Waals surface area contributed by atoms with E-state index in [-0.39, 0.29) is 11.7 Å². The van der Waals surface area contributed by atoms with Crippen LogP contribution in [-0.2, 0) is 6.42 Å². The molecule has 0 spiro atoms. The van der Waals surface area contributed by atoms with Crippen LogP contribution in [0.15, 0.2) is 60.8 Å². The number of amides is 1. The molecule has 0 aliphatic rings. The molecule has 0 N–H and O–H groups in total. The highest BCUT2D eigenvalue weighted by Crippen LogP contribution is 2.34. The fourth-order valence-corrected chi connectivity index (χ4v) is 4.23. The summed E-state index contributed by atoms with van der Waals surface area (Å²) in [5, 5.41) is 4.98. The molecule has 0 atom stereocenters. The molecule has 0 bridgehead atoms. The number of fused-ring (bicyclic) bond motifs is 2. The molecule has 0 radical (unpaired) electrons. The van der Waals surface area contributed by atoms with Crippen LogP contribution in [0.25, 0.3) is 16.0 Å². The molecule has 7 nitrogen and oxygen atoms in total. The Morgan fingerprint density at radius 3 is 2.60 bits per heavy atom. The van der Waals surface area contributed by atoms with Crippen LogP contribution in [0.1, 0.15) is 28.8 Å². The van der Waals surface area contributed by atoms with Gasteiger partial charge in [-0.3, -0.25) is 4.79 Å². The summed E-state index contributed by atoms with van der Waals surface area (Å²) in [4.78, 5) is 28.4. The number of aromatic nitrogens is 5. The smallest absolute Gasteiger partial charge is 0.264 e. The number of rotatable bonds is 4. The van der Waals surface area contributed by atoms with Crippen molar-refractivity contribution in [3.05, 3.63) is 77.9 Å². The van der Waals surface area contributed by atoms with Crippen LogP contribution in [0, 0.1) is 6.92 Å². The van der Waals surface area contributed by atoms with Gasteiger partial charge in [0.05, 0.1) is 15.9 Å². The molecule has 5 rings (SSSR count). The predicted molar refractivity (Wildman–Crippen MR) is 117 cm³/mol. The van der Waals surface area contributed by atoms with Gasteiger partial charge in [0.1, 0.15) is 0 Å². The minimum absolute atomic E-state index is 0.0793. The molecule has 2 aromatic carbocycles. The molecule has 148 valence electrons. The molecular formula is C22H18N6OS. The zero-order valence-corrected chi connectivity index (χ0v) is 17.3. The lowest BCUT2D eigenvalue weighted by molar-refractivity contribution is 0.0989. The highest BCUT2D eigenvalue weighted by Gasteiger charge is 2.27. The summed E-state index contributed by atoms with van der Waals surface area (Å²) in [6.45, 7) is 3.99. The summed E-state index contributed by atoms with van der Waals surface area (Å²) in [6, 6.07) is 17.6. The first-order valence-corrected chi connectivity index (χ1v) is 10.4. The highest BCUT2D eigenvalue weighted by molar-refractivity contribution is 7.22. The lowest BCUT2D eigenvalue weighted by atomic mass is 10.1. The number of anilines is 2. The van der Waals surface area contributed by atoms with Crippen molar-refractivity contribution in [1.82, 2.24) is 24.6 Å². The van der Waals surface area contributed by atoms with Crippen LogP contribution in [0.4, 0.5) is 10.8 Å². The molecule has 0 unspecified atom stereocenters. The van der Waals surface area contributed by atoms with E-state index < -0.39 is 0 Å². The first kappa shape index (κ1) is 18.4. The predicted octanol–water partition coefficient (Wildman–Crippen LogP) is 4.58. The third kappa shape index (κ3) is 3.11. The lowest BCUT2D eigenvalue weighted by Crippen LogP contribution is -2.27. The van der Waals surface area contributed by atoms with Gasteiger partial charge in [-0.2, -0.15) is 4.98 Å². The number of thiazole rings is 1.